The van der Waals surface area contributed by atoms with Crippen LogP contribution in [-0.2, 0) is 6.54 Å². The second-order valence-electron chi connectivity index (χ2n) is 4.35. The van der Waals surface area contributed by atoms with Gasteiger partial charge in [0.25, 0.3) is 0 Å². The van der Waals surface area contributed by atoms with Crippen molar-refractivity contribution in [3.63, 3.8) is 0 Å². The molecule has 18 heavy (non-hydrogen) atoms. The van der Waals surface area contributed by atoms with Crippen molar-refractivity contribution < 1.29 is 0 Å². The number of halogens is 2. The normalized spacial score (nSPS) is 14.3. The van der Waals surface area contributed by atoms with E-state index >= 15 is 0 Å². The summed E-state index contributed by atoms with van der Waals surface area (Å²) < 4.78 is 2.28. The van der Waals surface area contributed by atoms with Crippen molar-refractivity contribution in [2.75, 3.05) is 6.54 Å². The molecule has 2 nitrogen and oxygen atoms in total. The Morgan fingerprint density at radius 1 is 1.06 bits per heavy atom. The van der Waals surface area contributed by atoms with Crippen molar-refractivity contribution in [2.24, 2.45) is 4.99 Å². The van der Waals surface area contributed by atoms with Crippen LogP contribution in [-0.4, -0.2) is 16.8 Å². The molecule has 0 saturated heterocycles. The standard InChI is InChI=1S/C14H12Cl2N2/c1-9-13-4-5-14(18(13)7-6-17-9)10-2-3-11(15)12(16)8-10/h2-5,8H,6-7H2,1H3. The van der Waals surface area contributed by atoms with E-state index in [9.17, 15) is 0 Å². The third-order valence-electron chi connectivity index (χ3n) is 3.24. The van der Waals surface area contributed by atoms with E-state index in [1.165, 1.54) is 5.69 Å². The molecular formula is C14H12Cl2N2. The Labute approximate surface area is 116 Å². The van der Waals surface area contributed by atoms with Crippen molar-refractivity contribution in [3.05, 3.63) is 46.1 Å². The van der Waals surface area contributed by atoms with E-state index in [2.05, 4.69) is 21.7 Å². The second-order valence-corrected chi connectivity index (χ2v) is 5.17. The molecular weight excluding hydrogens is 267 g/mol. The summed E-state index contributed by atoms with van der Waals surface area (Å²) in [4.78, 5) is 4.46. The fourth-order valence-corrected chi connectivity index (χ4v) is 2.63. The second kappa shape index (κ2) is 4.45. The zero-order chi connectivity index (χ0) is 12.7. The van der Waals surface area contributed by atoms with Crippen molar-refractivity contribution in [2.45, 2.75) is 13.5 Å². The minimum absolute atomic E-state index is 0.587. The molecule has 3 rings (SSSR count). The summed E-state index contributed by atoms with van der Waals surface area (Å²) in [7, 11) is 0. The number of fused-ring (bicyclic) bond motifs is 1. The Kier molecular flexibility index (Phi) is 2.92. The molecule has 0 spiro atoms. The van der Waals surface area contributed by atoms with Crippen LogP contribution in [0.3, 0.4) is 0 Å². The zero-order valence-electron chi connectivity index (χ0n) is 9.95. The molecule has 2 heterocycles. The first kappa shape index (κ1) is 11.8. The fraction of sp³-hybridized carbons (Fsp3) is 0.214. The fourth-order valence-electron chi connectivity index (χ4n) is 2.33. The van der Waals surface area contributed by atoms with Crippen molar-refractivity contribution >= 4 is 28.9 Å². The van der Waals surface area contributed by atoms with Crippen LogP contribution >= 0.6 is 23.2 Å². The summed E-state index contributed by atoms with van der Waals surface area (Å²) in [5.74, 6) is 0. The maximum atomic E-state index is 6.08. The molecule has 0 atom stereocenters. The average Bonchev–Trinajstić information content (AvgIpc) is 2.78. The van der Waals surface area contributed by atoms with Crippen molar-refractivity contribution in [1.29, 1.82) is 0 Å². The van der Waals surface area contributed by atoms with Crippen LogP contribution in [0.15, 0.2) is 35.3 Å². The first-order valence-corrected chi connectivity index (χ1v) is 6.59. The maximum Gasteiger partial charge on any atom is 0.0623 e. The van der Waals surface area contributed by atoms with Gasteiger partial charge in [0.2, 0.25) is 0 Å². The molecule has 92 valence electrons. The van der Waals surface area contributed by atoms with E-state index in [4.69, 9.17) is 23.2 Å². The maximum absolute atomic E-state index is 6.08. The molecule has 0 fully saturated rings. The molecule has 2 aromatic rings. The lowest BCUT2D eigenvalue weighted by Crippen LogP contribution is -2.16. The molecule has 0 aliphatic carbocycles. The van der Waals surface area contributed by atoms with Gasteiger partial charge in [-0.1, -0.05) is 29.3 Å². The number of aliphatic imine (C=N–C) groups is 1. The van der Waals surface area contributed by atoms with E-state index in [1.54, 1.807) is 0 Å². The molecule has 4 heteroatoms. The van der Waals surface area contributed by atoms with Crippen LogP contribution in [0.4, 0.5) is 0 Å². The first-order chi connectivity index (χ1) is 8.66. The highest BCUT2D eigenvalue weighted by Gasteiger charge is 2.15. The lowest BCUT2D eigenvalue weighted by atomic mass is 10.1. The molecule has 0 N–H and O–H groups in total. The number of benzene rings is 1. The van der Waals surface area contributed by atoms with E-state index in [-0.39, 0.29) is 0 Å². The largest absolute Gasteiger partial charge is 0.338 e. The van der Waals surface area contributed by atoms with Gasteiger partial charge in [-0.05, 0) is 36.8 Å². The van der Waals surface area contributed by atoms with Gasteiger partial charge in [0.05, 0.1) is 28.0 Å². The first-order valence-electron chi connectivity index (χ1n) is 5.83. The molecule has 0 saturated carbocycles. The average molecular weight is 279 g/mol. The van der Waals surface area contributed by atoms with Crippen LogP contribution < -0.4 is 0 Å². The highest BCUT2D eigenvalue weighted by atomic mass is 35.5. The molecule has 1 aliphatic rings. The Bertz CT molecular complexity index is 641. The molecule has 1 aromatic heterocycles. The summed E-state index contributed by atoms with van der Waals surface area (Å²) in [6.45, 7) is 3.79. The minimum Gasteiger partial charge on any atom is -0.338 e. The molecule has 1 aromatic carbocycles. The SMILES string of the molecule is CC1=NCCn2c1ccc2-c1ccc(Cl)c(Cl)c1. The quantitative estimate of drug-likeness (QED) is 0.741. The van der Waals surface area contributed by atoms with Gasteiger partial charge in [0.1, 0.15) is 0 Å². The number of aromatic nitrogens is 1. The Morgan fingerprint density at radius 2 is 1.83 bits per heavy atom. The summed E-state index contributed by atoms with van der Waals surface area (Å²) >= 11 is 12.0. The topological polar surface area (TPSA) is 17.3 Å². The van der Waals surface area contributed by atoms with Gasteiger partial charge in [-0.3, -0.25) is 4.99 Å². The van der Waals surface area contributed by atoms with Gasteiger partial charge >= 0.3 is 0 Å². The zero-order valence-corrected chi connectivity index (χ0v) is 11.5. The van der Waals surface area contributed by atoms with E-state index in [0.29, 0.717) is 10.0 Å². The summed E-state index contributed by atoms with van der Waals surface area (Å²) in [5, 5.41) is 1.18. The van der Waals surface area contributed by atoms with Gasteiger partial charge < -0.3 is 4.57 Å². The lowest BCUT2D eigenvalue weighted by Gasteiger charge is -2.17. The Balaban J connectivity index is 2.13. The lowest BCUT2D eigenvalue weighted by molar-refractivity contribution is 0.695. The molecule has 0 unspecified atom stereocenters. The number of hydrogen-bond acceptors (Lipinski definition) is 1. The van der Waals surface area contributed by atoms with Crippen LogP contribution in [0.5, 0.6) is 0 Å². The summed E-state index contributed by atoms with van der Waals surface area (Å²) in [5.41, 5.74) is 4.53. The summed E-state index contributed by atoms with van der Waals surface area (Å²) in [6.07, 6.45) is 0. The predicted molar refractivity (Wildman–Crippen MR) is 77.0 cm³/mol. The van der Waals surface area contributed by atoms with Gasteiger partial charge in [0, 0.05) is 12.2 Å². The Hall–Kier alpha value is -1.25. The third-order valence-corrected chi connectivity index (χ3v) is 3.98. The highest BCUT2D eigenvalue weighted by molar-refractivity contribution is 6.42. The number of nitrogens with zero attached hydrogens (tertiary/aromatic N) is 2. The Morgan fingerprint density at radius 3 is 2.61 bits per heavy atom. The van der Waals surface area contributed by atoms with E-state index in [0.717, 1.165) is 30.1 Å². The number of hydrogen-bond donors (Lipinski definition) is 0. The minimum atomic E-state index is 0.587. The van der Waals surface area contributed by atoms with Gasteiger partial charge in [-0.15, -0.1) is 0 Å². The van der Waals surface area contributed by atoms with Crippen LogP contribution in [0.1, 0.15) is 12.6 Å². The van der Waals surface area contributed by atoms with E-state index < -0.39 is 0 Å². The third kappa shape index (κ3) is 1.86. The van der Waals surface area contributed by atoms with Gasteiger partial charge in [-0.25, -0.2) is 0 Å². The van der Waals surface area contributed by atoms with Crippen LogP contribution in [0.25, 0.3) is 11.3 Å². The molecule has 0 bridgehead atoms. The predicted octanol–water partition coefficient (Wildman–Crippen LogP) is 4.28. The smallest absolute Gasteiger partial charge is 0.0623 e. The van der Waals surface area contributed by atoms with Crippen molar-refractivity contribution in [1.82, 2.24) is 4.57 Å². The molecule has 1 aliphatic heterocycles. The van der Waals surface area contributed by atoms with Crippen molar-refractivity contribution in [3.8, 4) is 11.3 Å². The van der Waals surface area contributed by atoms with E-state index in [1.807, 2.05) is 25.1 Å². The van der Waals surface area contributed by atoms with Crippen LogP contribution in [0.2, 0.25) is 10.0 Å². The van der Waals surface area contributed by atoms with Gasteiger partial charge in [-0.2, -0.15) is 0 Å². The summed E-state index contributed by atoms with van der Waals surface area (Å²) in [6, 6.07) is 9.96. The number of rotatable bonds is 1. The van der Waals surface area contributed by atoms with Crippen LogP contribution in [0, 0.1) is 0 Å². The molecule has 0 amide bonds. The van der Waals surface area contributed by atoms with Gasteiger partial charge in [0.15, 0.2) is 0 Å². The molecule has 0 radical (unpaired) electrons. The highest BCUT2D eigenvalue weighted by Crippen LogP contribution is 2.30. The monoisotopic (exact) mass is 278 g/mol.